The van der Waals surface area contributed by atoms with E-state index in [0.29, 0.717) is 22.5 Å². The van der Waals surface area contributed by atoms with Crippen molar-refractivity contribution in [2.45, 2.75) is 26.9 Å². The number of rotatable bonds is 5. The molecular formula is C21H17ClF3N3O3. The molecular weight excluding hydrogens is 435 g/mol. The maximum Gasteiger partial charge on any atom is 0.338 e. The summed E-state index contributed by atoms with van der Waals surface area (Å²) in [4.78, 5) is 24.5. The molecule has 6 nitrogen and oxygen atoms in total. The molecule has 1 heterocycles. The van der Waals surface area contributed by atoms with E-state index in [1.54, 1.807) is 30.7 Å². The SMILES string of the molecule is Cc1nn(-c2ccc(C(=O)OC(C)C(=O)Nc3ccc(F)c(F)c3F)cc2)c(C)c1Cl. The summed E-state index contributed by atoms with van der Waals surface area (Å²) in [5.41, 5.74) is 1.67. The van der Waals surface area contributed by atoms with Crippen molar-refractivity contribution in [1.82, 2.24) is 9.78 Å². The van der Waals surface area contributed by atoms with Crippen LogP contribution in [0.3, 0.4) is 0 Å². The molecule has 0 saturated heterocycles. The molecule has 31 heavy (non-hydrogen) atoms. The smallest absolute Gasteiger partial charge is 0.338 e. The van der Waals surface area contributed by atoms with Crippen molar-refractivity contribution in [2.24, 2.45) is 0 Å². The van der Waals surface area contributed by atoms with Crippen molar-refractivity contribution in [3.8, 4) is 5.69 Å². The molecule has 10 heteroatoms. The van der Waals surface area contributed by atoms with Gasteiger partial charge >= 0.3 is 5.97 Å². The standard InChI is InChI=1S/C21H17ClF3N3O3/c1-10-17(22)11(2)28(27-10)14-6-4-13(5-7-14)21(30)31-12(3)20(29)26-16-9-8-15(23)18(24)19(16)25/h4-9,12H,1-3H3,(H,26,29). The van der Waals surface area contributed by atoms with Crippen molar-refractivity contribution in [3.63, 3.8) is 0 Å². The van der Waals surface area contributed by atoms with Crippen LogP contribution in [0, 0.1) is 31.3 Å². The zero-order valence-electron chi connectivity index (χ0n) is 16.7. The van der Waals surface area contributed by atoms with E-state index >= 15 is 0 Å². The Labute approximate surface area is 180 Å². The van der Waals surface area contributed by atoms with Crippen molar-refractivity contribution in [3.05, 3.63) is 75.8 Å². The number of carbonyl (C=O) groups is 2. The summed E-state index contributed by atoms with van der Waals surface area (Å²) in [6.45, 7) is 4.84. The summed E-state index contributed by atoms with van der Waals surface area (Å²) in [6, 6.07) is 7.78. The van der Waals surface area contributed by atoms with Crippen LogP contribution in [-0.4, -0.2) is 27.8 Å². The normalized spacial score (nSPS) is 11.8. The summed E-state index contributed by atoms with van der Waals surface area (Å²) in [7, 11) is 0. The van der Waals surface area contributed by atoms with Crippen LogP contribution >= 0.6 is 11.6 Å². The fourth-order valence-corrected chi connectivity index (χ4v) is 2.87. The number of halogens is 4. The number of benzene rings is 2. The second-order valence-corrected chi connectivity index (χ2v) is 7.08. The third-order valence-corrected chi connectivity index (χ3v) is 5.04. The number of anilines is 1. The van der Waals surface area contributed by atoms with E-state index in [9.17, 15) is 22.8 Å². The van der Waals surface area contributed by atoms with Gasteiger partial charge in [-0.1, -0.05) is 11.6 Å². The van der Waals surface area contributed by atoms with Gasteiger partial charge in [-0.15, -0.1) is 0 Å². The Hall–Kier alpha value is -3.33. The first kappa shape index (κ1) is 22.4. The fourth-order valence-electron chi connectivity index (χ4n) is 2.75. The van der Waals surface area contributed by atoms with Gasteiger partial charge < -0.3 is 10.1 Å². The number of carbonyl (C=O) groups excluding carboxylic acids is 2. The average molecular weight is 452 g/mol. The quantitative estimate of drug-likeness (QED) is 0.449. The molecule has 1 unspecified atom stereocenters. The molecule has 0 saturated carbocycles. The number of hydrogen-bond acceptors (Lipinski definition) is 4. The lowest BCUT2D eigenvalue weighted by molar-refractivity contribution is -0.123. The third kappa shape index (κ3) is 4.56. The number of ether oxygens (including phenoxy) is 1. The monoisotopic (exact) mass is 451 g/mol. The first-order chi connectivity index (χ1) is 14.6. The molecule has 0 bridgehead atoms. The second kappa shape index (κ2) is 8.81. The molecule has 2 aromatic carbocycles. The van der Waals surface area contributed by atoms with Gasteiger partial charge in [0.2, 0.25) is 0 Å². The molecule has 3 aromatic rings. The van der Waals surface area contributed by atoms with E-state index in [-0.39, 0.29) is 5.56 Å². The number of nitrogens with zero attached hydrogens (tertiary/aromatic N) is 2. The van der Waals surface area contributed by atoms with Crippen LogP contribution in [0.5, 0.6) is 0 Å². The molecule has 1 aromatic heterocycles. The largest absolute Gasteiger partial charge is 0.449 e. The van der Waals surface area contributed by atoms with Crippen molar-refractivity contribution in [1.29, 1.82) is 0 Å². The number of esters is 1. The van der Waals surface area contributed by atoms with Gasteiger partial charge in [0.1, 0.15) is 0 Å². The maximum absolute atomic E-state index is 13.7. The summed E-state index contributed by atoms with van der Waals surface area (Å²) in [6.07, 6.45) is -1.32. The summed E-state index contributed by atoms with van der Waals surface area (Å²) < 4.78 is 46.7. The van der Waals surface area contributed by atoms with Gasteiger partial charge in [0.15, 0.2) is 23.6 Å². The van der Waals surface area contributed by atoms with Crippen LogP contribution in [-0.2, 0) is 9.53 Å². The number of hydrogen-bond donors (Lipinski definition) is 1. The number of aromatic nitrogens is 2. The molecule has 3 rings (SSSR count). The Kier molecular flexibility index (Phi) is 6.35. The minimum absolute atomic E-state index is 0.162. The molecule has 0 radical (unpaired) electrons. The van der Waals surface area contributed by atoms with Gasteiger partial charge in [0.05, 0.1) is 33.3 Å². The lowest BCUT2D eigenvalue weighted by Crippen LogP contribution is -2.30. The molecule has 0 aliphatic carbocycles. The van der Waals surface area contributed by atoms with Gasteiger partial charge in [-0.25, -0.2) is 22.6 Å². The molecule has 0 fully saturated rings. The van der Waals surface area contributed by atoms with Crippen molar-refractivity contribution < 1.29 is 27.5 Å². The lowest BCUT2D eigenvalue weighted by atomic mass is 10.2. The Morgan fingerprint density at radius 2 is 1.71 bits per heavy atom. The van der Waals surface area contributed by atoms with Gasteiger partial charge in [-0.2, -0.15) is 5.10 Å². The van der Waals surface area contributed by atoms with Crippen LogP contribution in [0.4, 0.5) is 18.9 Å². The van der Waals surface area contributed by atoms with E-state index < -0.39 is 41.1 Å². The van der Waals surface area contributed by atoms with E-state index in [0.717, 1.165) is 11.8 Å². The van der Waals surface area contributed by atoms with E-state index in [2.05, 4.69) is 10.4 Å². The van der Waals surface area contributed by atoms with Gasteiger partial charge in [0.25, 0.3) is 5.91 Å². The predicted molar refractivity (Wildman–Crippen MR) is 108 cm³/mol. The highest BCUT2D eigenvalue weighted by molar-refractivity contribution is 6.31. The summed E-state index contributed by atoms with van der Waals surface area (Å²) in [5.74, 6) is -6.36. The highest BCUT2D eigenvalue weighted by Crippen LogP contribution is 2.23. The van der Waals surface area contributed by atoms with Gasteiger partial charge in [0, 0.05) is 0 Å². The number of nitrogens with one attached hydrogen (secondary N) is 1. The molecule has 1 N–H and O–H groups in total. The Bertz CT molecular complexity index is 1160. The van der Waals surface area contributed by atoms with Crippen LogP contribution < -0.4 is 5.32 Å². The topological polar surface area (TPSA) is 73.2 Å². The van der Waals surface area contributed by atoms with Gasteiger partial charge in [-0.3, -0.25) is 4.79 Å². The summed E-state index contributed by atoms with van der Waals surface area (Å²) in [5, 5.41) is 6.92. The zero-order chi connectivity index (χ0) is 22.9. The van der Waals surface area contributed by atoms with E-state index in [4.69, 9.17) is 16.3 Å². The zero-order valence-corrected chi connectivity index (χ0v) is 17.4. The first-order valence-corrected chi connectivity index (χ1v) is 9.45. The molecule has 162 valence electrons. The molecule has 1 atom stereocenters. The predicted octanol–water partition coefficient (Wildman–Crippen LogP) is 4.74. The number of aryl methyl sites for hydroxylation is 1. The van der Waals surface area contributed by atoms with Crippen LogP contribution in [0.25, 0.3) is 5.69 Å². The highest BCUT2D eigenvalue weighted by Gasteiger charge is 2.22. The Morgan fingerprint density at radius 3 is 2.29 bits per heavy atom. The van der Waals surface area contributed by atoms with E-state index in [1.807, 2.05) is 0 Å². The minimum Gasteiger partial charge on any atom is -0.449 e. The lowest BCUT2D eigenvalue weighted by Gasteiger charge is -2.14. The third-order valence-electron chi connectivity index (χ3n) is 4.50. The molecule has 1 amide bonds. The summed E-state index contributed by atoms with van der Waals surface area (Å²) >= 11 is 6.14. The molecule has 0 spiro atoms. The van der Waals surface area contributed by atoms with Crippen LogP contribution in [0.1, 0.15) is 28.7 Å². The Balaban J connectivity index is 1.67. The first-order valence-electron chi connectivity index (χ1n) is 9.07. The number of amides is 1. The maximum atomic E-state index is 13.7. The Morgan fingerprint density at radius 1 is 1.06 bits per heavy atom. The average Bonchev–Trinajstić information content (AvgIpc) is 3.01. The highest BCUT2D eigenvalue weighted by atomic mass is 35.5. The molecule has 0 aliphatic heterocycles. The van der Waals surface area contributed by atoms with E-state index in [1.165, 1.54) is 19.1 Å². The van der Waals surface area contributed by atoms with Crippen LogP contribution in [0.15, 0.2) is 36.4 Å². The van der Waals surface area contributed by atoms with Crippen LogP contribution in [0.2, 0.25) is 5.02 Å². The van der Waals surface area contributed by atoms with Crippen molar-refractivity contribution in [2.75, 3.05) is 5.32 Å². The second-order valence-electron chi connectivity index (χ2n) is 6.70. The molecule has 0 aliphatic rings. The fraction of sp³-hybridized carbons (Fsp3) is 0.190. The van der Waals surface area contributed by atoms with Crippen molar-refractivity contribution >= 4 is 29.2 Å². The minimum atomic E-state index is -1.72. The van der Waals surface area contributed by atoms with Gasteiger partial charge in [-0.05, 0) is 57.2 Å².